The van der Waals surface area contributed by atoms with Gasteiger partial charge in [-0.15, -0.1) is 11.3 Å². The molecule has 2 rings (SSSR count). The quantitative estimate of drug-likeness (QED) is 0.894. The molecule has 2 N–H and O–H groups in total. The highest BCUT2D eigenvalue weighted by Gasteiger charge is 2.13. The Hall–Kier alpha value is -1.40. The van der Waals surface area contributed by atoms with Gasteiger partial charge in [-0.1, -0.05) is 11.3 Å². The number of hydrogen-bond donors (Lipinski definition) is 2. The molecular weight excluding hydrogens is 256 g/mol. The van der Waals surface area contributed by atoms with Crippen LogP contribution in [0.2, 0.25) is 0 Å². The van der Waals surface area contributed by atoms with Crippen molar-refractivity contribution in [2.75, 3.05) is 5.32 Å². The molecule has 4 nitrogen and oxygen atoms in total. The summed E-state index contributed by atoms with van der Waals surface area (Å²) in [5.41, 5.74) is 1.81. The molecule has 6 heteroatoms. The first-order valence-electron chi connectivity index (χ1n) is 5.05. The van der Waals surface area contributed by atoms with E-state index in [1.165, 1.54) is 21.8 Å². The van der Waals surface area contributed by atoms with E-state index in [1.54, 1.807) is 18.3 Å². The number of nitrogens with one attached hydrogen (secondary N) is 1. The van der Waals surface area contributed by atoms with Crippen molar-refractivity contribution in [1.82, 2.24) is 4.98 Å². The minimum absolute atomic E-state index is 0.301. The van der Waals surface area contributed by atoms with Crippen LogP contribution >= 0.6 is 22.7 Å². The third-order valence-electron chi connectivity index (χ3n) is 2.36. The summed E-state index contributed by atoms with van der Waals surface area (Å²) in [5.74, 6) is -0.916. The zero-order valence-electron chi connectivity index (χ0n) is 9.48. The molecule has 0 radical (unpaired) electrons. The Balaban J connectivity index is 2.07. The molecule has 2 aromatic heterocycles. The number of anilines is 1. The highest BCUT2D eigenvalue weighted by atomic mass is 32.1. The lowest BCUT2D eigenvalue weighted by Gasteiger charge is -2.00. The van der Waals surface area contributed by atoms with Crippen LogP contribution in [0.4, 0.5) is 5.13 Å². The summed E-state index contributed by atoms with van der Waals surface area (Å²) in [6, 6.07) is 2.07. The van der Waals surface area contributed by atoms with Crippen LogP contribution in [0.25, 0.3) is 0 Å². The Morgan fingerprint density at radius 2 is 2.29 bits per heavy atom. The molecule has 0 aliphatic carbocycles. The molecule has 0 amide bonds. The van der Waals surface area contributed by atoms with Crippen molar-refractivity contribution in [3.05, 3.63) is 32.5 Å². The monoisotopic (exact) mass is 268 g/mol. The van der Waals surface area contributed by atoms with E-state index < -0.39 is 5.97 Å². The number of aromatic nitrogens is 1. The molecule has 2 aromatic rings. The molecule has 0 saturated carbocycles. The van der Waals surface area contributed by atoms with Gasteiger partial charge in [0, 0.05) is 4.88 Å². The van der Waals surface area contributed by atoms with Gasteiger partial charge in [-0.05, 0) is 30.9 Å². The van der Waals surface area contributed by atoms with E-state index in [-0.39, 0.29) is 0 Å². The number of thiazole rings is 1. The smallest absolute Gasteiger partial charge is 0.347 e. The topological polar surface area (TPSA) is 62.2 Å². The lowest BCUT2D eigenvalue weighted by molar-refractivity contribution is 0.0701. The maximum Gasteiger partial charge on any atom is 0.347 e. The molecule has 0 spiro atoms. The molecule has 17 heavy (non-hydrogen) atoms. The average molecular weight is 268 g/mol. The van der Waals surface area contributed by atoms with Crippen molar-refractivity contribution >= 4 is 33.8 Å². The number of carbonyl (C=O) groups is 1. The Morgan fingerprint density at radius 3 is 2.82 bits per heavy atom. The summed E-state index contributed by atoms with van der Waals surface area (Å²) < 4.78 is 0. The second-order valence-electron chi connectivity index (χ2n) is 3.62. The van der Waals surface area contributed by atoms with Crippen LogP contribution < -0.4 is 5.32 Å². The fourth-order valence-electron chi connectivity index (χ4n) is 1.41. The molecule has 90 valence electrons. The average Bonchev–Trinajstić information content (AvgIpc) is 2.82. The maximum absolute atomic E-state index is 10.9. The first kappa shape index (κ1) is 12.1. The summed E-state index contributed by atoms with van der Waals surface area (Å²) in [6.45, 7) is 4.46. The highest BCUT2D eigenvalue weighted by Crippen LogP contribution is 2.24. The van der Waals surface area contributed by atoms with Crippen molar-refractivity contribution in [3.8, 4) is 0 Å². The SMILES string of the molecule is Cc1ccsc1CNc1nc(C)c(C(=O)O)s1. The van der Waals surface area contributed by atoms with Crippen LogP contribution in [0, 0.1) is 13.8 Å². The minimum Gasteiger partial charge on any atom is -0.477 e. The van der Waals surface area contributed by atoms with E-state index in [0.717, 1.165) is 0 Å². The fraction of sp³-hybridized carbons (Fsp3) is 0.273. The van der Waals surface area contributed by atoms with Crippen molar-refractivity contribution < 1.29 is 9.90 Å². The van der Waals surface area contributed by atoms with E-state index in [2.05, 4.69) is 23.3 Å². The van der Waals surface area contributed by atoms with E-state index in [1.807, 2.05) is 5.38 Å². The summed E-state index contributed by atoms with van der Waals surface area (Å²) in [4.78, 5) is 16.6. The summed E-state index contributed by atoms with van der Waals surface area (Å²) in [6.07, 6.45) is 0. The first-order valence-corrected chi connectivity index (χ1v) is 6.75. The number of carboxylic acids is 1. The van der Waals surface area contributed by atoms with Crippen LogP contribution in [0.1, 0.15) is 25.8 Å². The van der Waals surface area contributed by atoms with Crippen LogP contribution in [0.5, 0.6) is 0 Å². The van der Waals surface area contributed by atoms with Crippen LogP contribution in [0.3, 0.4) is 0 Å². The summed E-state index contributed by atoms with van der Waals surface area (Å²) in [7, 11) is 0. The Kier molecular flexibility index (Phi) is 3.44. The zero-order valence-corrected chi connectivity index (χ0v) is 11.1. The second kappa shape index (κ2) is 4.85. The van der Waals surface area contributed by atoms with Gasteiger partial charge in [0.05, 0.1) is 12.2 Å². The number of rotatable bonds is 4. The molecule has 0 bridgehead atoms. The van der Waals surface area contributed by atoms with Gasteiger partial charge in [-0.25, -0.2) is 9.78 Å². The predicted molar refractivity (Wildman–Crippen MR) is 70.2 cm³/mol. The number of carboxylic acid groups (broad SMARTS) is 1. The molecule has 0 aliphatic heterocycles. The maximum atomic E-state index is 10.9. The van der Waals surface area contributed by atoms with E-state index in [9.17, 15) is 4.79 Å². The zero-order chi connectivity index (χ0) is 12.4. The molecule has 2 heterocycles. The largest absolute Gasteiger partial charge is 0.477 e. The normalized spacial score (nSPS) is 10.5. The van der Waals surface area contributed by atoms with Gasteiger partial charge in [0.15, 0.2) is 5.13 Å². The molecule has 0 atom stereocenters. The van der Waals surface area contributed by atoms with Gasteiger partial charge in [-0.3, -0.25) is 0 Å². The first-order chi connectivity index (χ1) is 8.08. The van der Waals surface area contributed by atoms with Gasteiger partial charge in [0.2, 0.25) is 0 Å². The Labute approximate surface area is 107 Å². The standard InChI is InChI=1S/C11H12N2O2S2/c1-6-3-4-16-8(6)5-12-11-13-7(2)9(17-11)10(14)15/h3-4H,5H2,1-2H3,(H,12,13)(H,14,15). The number of aromatic carboxylic acids is 1. The van der Waals surface area contributed by atoms with E-state index in [4.69, 9.17) is 5.11 Å². The lowest BCUT2D eigenvalue weighted by atomic mass is 10.3. The second-order valence-corrected chi connectivity index (χ2v) is 5.62. The highest BCUT2D eigenvalue weighted by molar-refractivity contribution is 7.17. The fourth-order valence-corrected chi connectivity index (χ4v) is 3.06. The van der Waals surface area contributed by atoms with Gasteiger partial charge in [-0.2, -0.15) is 0 Å². The molecule has 0 aromatic carbocycles. The lowest BCUT2D eigenvalue weighted by Crippen LogP contribution is -1.97. The van der Waals surface area contributed by atoms with Gasteiger partial charge in [0.25, 0.3) is 0 Å². The summed E-state index contributed by atoms with van der Waals surface area (Å²) in [5, 5.41) is 14.8. The molecule has 0 unspecified atom stereocenters. The number of aryl methyl sites for hydroxylation is 2. The third kappa shape index (κ3) is 2.65. The van der Waals surface area contributed by atoms with Crippen molar-refractivity contribution in [2.24, 2.45) is 0 Å². The Morgan fingerprint density at radius 1 is 1.53 bits per heavy atom. The third-order valence-corrected chi connectivity index (χ3v) is 4.49. The van der Waals surface area contributed by atoms with Crippen molar-refractivity contribution in [1.29, 1.82) is 0 Å². The number of thiophene rings is 1. The van der Waals surface area contributed by atoms with E-state index in [0.29, 0.717) is 22.2 Å². The summed E-state index contributed by atoms with van der Waals surface area (Å²) >= 11 is 2.86. The minimum atomic E-state index is -0.916. The van der Waals surface area contributed by atoms with Crippen LogP contribution in [0.15, 0.2) is 11.4 Å². The van der Waals surface area contributed by atoms with Crippen molar-refractivity contribution in [2.45, 2.75) is 20.4 Å². The molecule has 0 aliphatic rings. The molecule has 0 saturated heterocycles. The predicted octanol–water partition coefficient (Wildman–Crippen LogP) is 3.13. The van der Waals surface area contributed by atoms with Crippen LogP contribution in [-0.4, -0.2) is 16.1 Å². The number of hydrogen-bond acceptors (Lipinski definition) is 5. The van der Waals surface area contributed by atoms with Crippen molar-refractivity contribution in [3.63, 3.8) is 0 Å². The van der Waals surface area contributed by atoms with Crippen LogP contribution in [-0.2, 0) is 6.54 Å². The molecular formula is C11H12N2O2S2. The molecule has 0 fully saturated rings. The van der Waals surface area contributed by atoms with Gasteiger partial charge in [0.1, 0.15) is 4.88 Å². The number of nitrogens with zero attached hydrogens (tertiary/aromatic N) is 1. The van der Waals surface area contributed by atoms with Gasteiger partial charge >= 0.3 is 5.97 Å². The van der Waals surface area contributed by atoms with Gasteiger partial charge < -0.3 is 10.4 Å². The Bertz CT molecular complexity index is 545. The van der Waals surface area contributed by atoms with E-state index >= 15 is 0 Å².